The lowest BCUT2D eigenvalue weighted by atomic mass is 10.1. The fraction of sp³-hybridized carbons (Fsp3) is 0.412. The molecule has 21 heavy (non-hydrogen) atoms. The molecule has 1 unspecified atom stereocenters. The number of β-amino-alcohol motifs (C(OH)–C–C–N with tert-alkyl or cyclic N) is 1. The van der Waals surface area contributed by atoms with Gasteiger partial charge in [-0.1, -0.05) is 30.3 Å². The molecular formula is C17H22N2O2. The van der Waals surface area contributed by atoms with E-state index in [1.165, 1.54) is 5.56 Å². The van der Waals surface area contributed by atoms with E-state index >= 15 is 0 Å². The van der Waals surface area contributed by atoms with Gasteiger partial charge >= 0.3 is 0 Å². The molecular weight excluding hydrogens is 264 g/mol. The molecule has 0 aliphatic carbocycles. The van der Waals surface area contributed by atoms with Gasteiger partial charge in [0.1, 0.15) is 5.76 Å². The first-order valence-corrected chi connectivity index (χ1v) is 7.48. The van der Waals surface area contributed by atoms with Crippen LogP contribution in [0.4, 0.5) is 0 Å². The Morgan fingerprint density at radius 2 is 1.95 bits per heavy atom. The minimum atomic E-state index is -0.213. The molecule has 1 aromatic carbocycles. The van der Waals surface area contributed by atoms with Gasteiger partial charge in [0.15, 0.2) is 0 Å². The zero-order valence-electron chi connectivity index (χ0n) is 12.2. The fourth-order valence-corrected chi connectivity index (χ4v) is 2.91. The molecule has 1 atom stereocenters. The van der Waals surface area contributed by atoms with Gasteiger partial charge in [0.2, 0.25) is 0 Å². The summed E-state index contributed by atoms with van der Waals surface area (Å²) in [7, 11) is 0. The minimum absolute atomic E-state index is 0.213. The third-order valence-corrected chi connectivity index (χ3v) is 4.08. The Bertz CT molecular complexity index is 539. The Morgan fingerprint density at radius 3 is 2.62 bits per heavy atom. The van der Waals surface area contributed by atoms with Crippen molar-refractivity contribution >= 4 is 0 Å². The van der Waals surface area contributed by atoms with Gasteiger partial charge in [0, 0.05) is 38.0 Å². The third kappa shape index (κ3) is 3.65. The van der Waals surface area contributed by atoms with Crippen LogP contribution in [0.15, 0.2) is 53.9 Å². The van der Waals surface area contributed by atoms with Crippen LogP contribution < -0.4 is 0 Å². The van der Waals surface area contributed by atoms with Crippen molar-refractivity contribution < 1.29 is 10.2 Å². The van der Waals surface area contributed by atoms with E-state index in [4.69, 9.17) is 0 Å². The van der Waals surface area contributed by atoms with Crippen LogP contribution in [-0.4, -0.2) is 52.3 Å². The van der Waals surface area contributed by atoms with Gasteiger partial charge < -0.3 is 15.1 Å². The summed E-state index contributed by atoms with van der Waals surface area (Å²) < 4.78 is 0. The number of hydrogen-bond acceptors (Lipinski definition) is 4. The lowest BCUT2D eigenvalue weighted by molar-refractivity contribution is 0.178. The molecule has 3 rings (SSSR count). The molecule has 2 N–H and O–H groups in total. The summed E-state index contributed by atoms with van der Waals surface area (Å²) in [5.74, 6) is 0.440. The van der Waals surface area contributed by atoms with Gasteiger partial charge in [-0.25, -0.2) is 0 Å². The van der Waals surface area contributed by atoms with Crippen molar-refractivity contribution in [3.63, 3.8) is 0 Å². The summed E-state index contributed by atoms with van der Waals surface area (Å²) in [4.78, 5) is 4.29. The van der Waals surface area contributed by atoms with Crippen molar-refractivity contribution in [2.45, 2.75) is 19.1 Å². The van der Waals surface area contributed by atoms with Crippen LogP contribution >= 0.6 is 0 Å². The number of benzene rings is 1. The molecule has 4 heteroatoms. The normalized spacial score (nSPS) is 23.1. The molecule has 2 heterocycles. The SMILES string of the molecule is OC1=C(CN2CCC(O)C2)C=CN(Cc2ccccc2)C1. The first-order valence-electron chi connectivity index (χ1n) is 7.48. The van der Waals surface area contributed by atoms with E-state index < -0.39 is 0 Å². The molecule has 0 saturated carbocycles. The van der Waals surface area contributed by atoms with Crippen LogP contribution in [0, 0.1) is 0 Å². The largest absolute Gasteiger partial charge is 0.510 e. The third-order valence-electron chi connectivity index (χ3n) is 4.08. The highest BCUT2D eigenvalue weighted by molar-refractivity contribution is 5.28. The molecule has 2 aliphatic rings. The Kier molecular flexibility index (Phi) is 4.27. The van der Waals surface area contributed by atoms with Gasteiger partial charge in [-0.2, -0.15) is 0 Å². The van der Waals surface area contributed by atoms with Crippen molar-refractivity contribution in [2.75, 3.05) is 26.2 Å². The maximum atomic E-state index is 10.2. The molecule has 1 aromatic rings. The van der Waals surface area contributed by atoms with Crippen LogP contribution in [0.25, 0.3) is 0 Å². The minimum Gasteiger partial charge on any atom is -0.510 e. The van der Waals surface area contributed by atoms with E-state index in [9.17, 15) is 10.2 Å². The zero-order chi connectivity index (χ0) is 14.7. The van der Waals surface area contributed by atoms with E-state index in [2.05, 4.69) is 28.1 Å². The summed E-state index contributed by atoms with van der Waals surface area (Å²) >= 11 is 0. The molecule has 0 amide bonds. The summed E-state index contributed by atoms with van der Waals surface area (Å²) in [6.07, 6.45) is 4.66. The standard InChI is InChI=1S/C17H22N2O2/c20-16-7-9-19(12-16)11-15-6-8-18(13-17(15)21)10-14-4-2-1-3-5-14/h1-6,8,16,20-21H,7,9-13H2. The molecule has 4 nitrogen and oxygen atoms in total. The lowest BCUT2D eigenvalue weighted by Crippen LogP contribution is -2.29. The van der Waals surface area contributed by atoms with E-state index in [-0.39, 0.29) is 6.10 Å². The topological polar surface area (TPSA) is 46.9 Å². The number of nitrogens with zero attached hydrogens (tertiary/aromatic N) is 2. The second-order valence-corrected chi connectivity index (χ2v) is 5.86. The highest BCUT2D eigenvalue weighted by Crippen LogP contribution is 2.19. The molecule has 1 saturated heterocycles. The summed E-state index contributed by atoms with van der Waals surface area (Å²) in [5.41, 5.74) is 2.20. The predicted octanol–water partition coefficient (Wildman–Crippen LogP) is 1.89. The molecule has 0 radical (unpaired) electrons. The van der Waals surface area contributed by atoms with Crippen molar-refractivity contribution in [1.29, 1.82) is 0 Å². The van der Waals surface area contributed by atoms with Crippen LogP contribution in [0.1, 0.15) is 12.0 Å². The average molecular weight is 286 g/mol. The van der Waals surface area contributed by atoms with Gasteiger partial charge in [-0.15, -0.1) is 0 Å². The van der Waals surface area contributed by atoms with Crippen LogP contribution in [-0.2, 0) is 6.54 Å². The number of rotatable bonds is 4. The van der Waals surface area contributed by atoms with Crippen molar-refractivity contribution in [1.82, 2.24) is 9.80 Å². The Hall–Kier alpha value is -1.78. The summed E-state index contributed by atoms with van der Waals surface area (Å²) in [6, 6.07) is 10.3. The van der Waals surface area contributed by atoms with Crippen molar-refractivity contribution in [3.8, 4) is 0 Å². The van der Waals surface area contributed by atoms with Crippen LogP contribution in [0.5, 0.6) is 0 Å². The predicted molar refractivity (Wildman–Crippen MR) is 82.7 cm³/mol. The molecule has 1 fully saturated rings. The number of likely N-dealkylation sites (tertiary alicyclic amines) is 1. The Labute approximate surface area is 125 Å². The number of aliphatic hydroxyl groups excluding tert-OH is 2. The fourth-order valence-electron chi connectivity index (χ4n) is 2.91. The molecule has 2 aliphatic heterocycles. The summed E-state index contributed by atoms with van der Waals surface area (Å²) in [6.45, 7) is 3.69. The van der Waals surface area contributed by atoms with Gasteiger partial charge in [-0.3, -0.25) is 4.90 Å². The second kappa shape index (κ2) is 6.33. The Morgan fingerprint density at radius 1 is 1.14 bits per heavy atom. The monoisotopic (exact) mass is 286 g/mol. The summed E-state index contributed by atoms with van der Waals surface area (Å²) in [5, 5.41) is 19.8. The average Bonchev–Trinajstić information content (AvgIpc) is 2.88. The maximum Gasteiger partial charge on any atom is 0.116 e. The highest BCUT2D eigenvalue weighted by Gasteiger charge is 2.22. The molecule has 112 valence electrons. The second-order valence-electron chi connectivity index (χ2n) is 5.86. The molecule has 0 bridgehead atoms. The van der Waals surface area contributed by atoms with Gasteiger partial charge in [0.05, 0.1) is 12.6 Å². The maximum absolute atomic E-state index is 10.2. The first kappa shape index (κ1) is 14.2. The van der Waals surface area contributed by atoms with Crippen molar-refractivity contribution in [2.24, 2.45) is 0 Å². The highest BCUT2D eigenvalue weighted by atomic mass is 16.3. The van der Waals surface area contributed by atoms with Gasteiger partial charge in [0.25, 0.3) is 0 Å². The van der Waals surface area contributed by atoms with Crippen LogP contribution in [0.3, 0.4) is 0 Å². The van der Waals surface area contributed by atoms with E-state index in [1.807, 2.05) is 24.3 Å². The van der Waals surface area contributed by atoms with E-state index in [0.29, 0.717) is 18.8 Å². The number of aliphatic hydroxyl groups is 2. The molecule has 0 aromatic heterocycles. The molecule has 0 spiro atoms. The first-order chi connectivity index (χ1) is 10.2. The van der Waals surface area contributed by atoms with Gasteiger partial charge in [-0.05, 0) is 18.1 Å². The van der Waals surface area contributed by atoms with Crippen LogP contribution in [0.2, 0.25) is 0 Å². The van der Waals surface area contributed by atoms with E-state index in [1.54, 1.807) is 0 Å². The lowest BCUT2D eigenvalue weighted by Gasteiger charge is -2.26. The van der Waals surface area contributed by atoms with E-state index in [0.717, 1.165) is 31.6 Å². The number of hydrogen-bond donors (Lipinski definition) is 2. The quantitative estimate of drug-likeness (QED) is 0.887. The zero-order valence-corrected chi connectivity index (χ0v) is 12.2. The van der Waals surface area contributed by atoms with Crippen molar-refractivity contribution in [3.05, 3.63) is 59.5 Å². The smallest absolute Gasteiger partial charge is 0.116 e. The Balaban J connectivity index is 1.57.